The maximum Gasteiger partial charge on any atom is 0.290 e. The predicted octanol–water partition coefficient (Wildman–Crippen LogP) is 3.93. The summed E-state index contributed by atoms with van der Waals surface area (Å²) in [6.45, 7) is 3.50. The van der Waals surface area contributed by atoms with Crippen LogP contribution in [0.15, 0.2) is 59.8 Å². The van der Waals surface area contributed by atoms with Crippen molar-refractivity contribution in [1.29, 1.82) is 0 Å². The summed E-state index contributed by atoms with van der Waals surface area (Å²) in [5.41, 5.74) is 5.05. The topological polar surface area (TPSA) is 103 Å². The number of nitrogens with one attached hydrogen (secondary N) is 2. The lowest BCUT2D eigenvalue weighted by molar-refractivity contribution is -0.115. The molecule has 0 atom stereocenters. The Morgan fingerprint density at radius 1 is 1.13 bits per heavy atom. The van der Waals surface area contributed by atoms with Gasteiger partial charge < -0.3 is 15.1 Å². The molecule has 2 aliphatic heterocycles. The molecule has 0 unspecified atom stereocenters. The lowest BCUT2D eigenvalue weighted by Crippen LogP contribution is -2.38. The van der Waals surface area contributed by atoms with Gasteiger partial charge in [0, 0.05) is 57.4 Å². The monoisotopic (exact) mass is 529 g/mol. The minimum Gasteiger partial charge on any atom is -0.378 e. The summed E-state index contributed by atoms with van der Waals surface area (Å²) in [4.78, 5) is 41.5. The fourth-order valence-electron chi connectivity index (χ4n) is 4.55. The van der Waals surface area contributed by atoms with Crippen molar-refractivity contribution in [3.8, 4) is 11.3 Å². The molecule has 4 heterocycles. The summed E-state index contributed by atoms with van der Waals surface area (Å²) >= 11 is 0.892. The number of imide groups is 1. The van der Waals surface area contributed by atoms with Crippen molar-refractivity contribution in [2.75, 3.05) is 43.5 Å². The third-order valence-electron chi connectivity index (χ3n) is 6.73. The highest BCUT2D eigenvalue weighted by Gasteiger charge is 2.25. The molecule has 2 N–H and O–H groups in total. The summed E-state index contributed by atoms with van der Waals surface area (Å²) in [6.07, 6.45) is 7.38. The number of amides is 2. The first-order valence-electron chi connectivity index (χ1n) is 12.7. The number of pyridine rings is 1. The highest BCUT2D eigenvalue weighted by Crippen LogP contribution is 2.26. The van der Waals surface area contributed by atoms with Crippen molar-refractivity contribution in [2.45, 2.75) is 19.4 Å². The highest BCUT2D eigenvalue weighted by atomic mass is 32.2. The molecule has 38 heavy (non-hydrogen) atoms. The number of piperidine rings is 1. The smallest absolute Gasteiger partial charge is 0.290 e. The number of benzene rings is 1. The average molecular weight is 530 g/mol. The van der Waals surface area contributed by atoms with Crippen molar-refractivity contribution in [2.24, 2.45) is 5.92 Å². The molecule has 2 saturated heterocycles. The molecule has 1 aromatic carbocycles. The van der Waals surface area contributed by atoms with Gasteiger partial charge in [-0.05, 0) is 73.0 Å². The second-order valence-electron chi connectivity index (χ2n) is 9.69. The van der Waals surface area contributed by atoms with E-state index in [0.29, 0.717) is 22.5 Å². The zero-order valence-corrected chi connectivity index (χ0v) is 22.4. The van der Waals surface area contributed by atoms with E-state index in [0.717, 1.165) is 67.7 Å². The van der Waals surface area contributed by atoms with Gasteiger partial charge in [-0.15, -0.1) is 0 Å². The van der Waals surface area contributed by atoms with Crippen LogP contribution >= 0.6 is 11.8 Å². The lowest BCUT2D eigenvalue weighted by Gasteiger charge is -2.32. The van der Waals surface area contributed by atoms with Crippen LogP contribution in [0.5, 0.6) is 0 Å². The number of anilines is 2. The third kappa shape index (κ3) is 6.38. The Morgan fingerprint density at radius 2 is 1.97 bits per heavy atom. The van der Waals surface area contributed by atoms with Gasteiger partial charge in [0.15, 0.2) is 0 Å². The van der Waals surface area contributed by atoms with E-state index >= 15 is 0 Å². The van der Waals surface area contributed by atoms with Gasteiger partial charge in [-0.25, -0.2) is 9.97 Å². The summed E-state index contributed by atoms with van der Waals surface area (Å²) in [5, 5.41) is 5.50. The number of carbonyl (C=O) groups is 2. The van der Waals surface area contributed by atoms with E-state index in [-0.39, 0.29) is 11.1 Å². The number of carbonyl (C=O) groups excluding carboxylic acids is 2. The van der Waals surface area contributed by atoms with Gasteiger partial charge in [0.05, 0.1) is 16.3 Å². The minimum atomic E-state index is -0.380. The van der Waals surface area contributed by atoms with Crippen molar-refractivity contribution in [3.05, 3.63) is 71.0 Å². The van der Waals surface area contributed by atoms with E-state index in [1.807, 2.05) is 20.3 Å². The number of nitrogens with zero attached hydrogens (tertiary/aromatic N) is 5. The molecule has 10 heteroatoms. The first kappa shape index (κ1) is 25.9. The molecular formula is C28H31N7O2S. The SMILES string of the molecule is CN(C)c1cccc(-c2ccc(CNCC3CCN(c4nccc(/C=C5\SC(=O)NC5=O)n4)CC3)cn2)c1. The molecule has 0 radical (unpaired) electrons. The Kier molecular flexibility index (Phi) is 8.00. The molecule has 3 aromatic rings. The molecule has 2 aliphatic rings. The molecule has 0 saturated carbocycles. The van der Waals surface area contributed by atoms with Crippen LogP contribution in [0.2, 0.25) is 0 Å². The standard InChI is InChI=1S/C28H31N7O2S/c1-34(2)23-5-3-4-21(14-23)24-7-6-20(18-31-24)17-29-16-19-9-12-35(13-10-19)27-30-11-8-22(32-27)15-25-26(36)33-28(37)38-25/h3-8,11,14-15,18-19,29H,9-10,12-13,16-17H2,1-2H3,(H,33,36,37)/b25-15-. The van der Waals surface area contributed by atoms with Crippen LogP contribution in [0.25, 0.3) is 17.3 Å². The Labute approximate surface area is 226 Å². The van der Waals surface area contributed by atoms with Crippen LogP contribution < -0.4 is 20.4 Å². The van der Waals surface area contributed by atoms with Gasteiger partial charge in [-0.1, -0.05) is 18.2 Å². The van der Waals surface area contributed by atoms with Crippen molar-refractivity contribution >= 4 is 40.6 Å². The van der Waals surface area contributed by atoms with E-state index in [1.165, 1.54) is 5.56 Å². The highest BCUT2D eigenvalue weighted by molar-refractivity contribution is 8.18. The molecule has 2 fully saturated rings. The average Bonchev–Trinajstić information content (AvgIpc) is 3.25. The van der Waals surface area contributed by atoms with Crippen LogP contribution in [-0.2, 0) is 11.3 Å². The molecule has 0 spiro atoms. The molecule has 196 valence electrons. The Hall–Kier alpha value is -3.76. The third-order valence-corrected chi connectivity index (χ3v) is 7.54. The van der Waals surface area contributed by atoms with Gasteiger partial charge in [0.25, 0.3) is 11.1 Å². The van der Waals surface area contributed by atoms with E-state index < -0.39 is 0 Å². The maximum absolute atomic E-state index is 11.8. The predicted molar refractivity (Wildman–Crippen MR) is 152 cm³/mol. The Morgan fingerprint density at radius 3 is 2.68 bits per heavy atom. The second kappa shape index (κ2) is 11.7. The van der Waals surface area contributed by atoms with Gasteiger partial charge in [0.2, 0.25) is 5.95 Å². The van der Waals surface area contributed by atoms with Crippen molar-refractivity contribution < 1.29 is 9.59 Å². The maximum atomic E-state index is 11.8. The molecule has 9 nitrogen and oxygen atoms in total. The van der Waals surface area contributed by atoms with E-state index in [9.17, 15) is 9.59 Å². The molecule has 0 aliphatic carbocycles. The lowest BCUT2D eigenvalue weighted by atomic mass is 9.97. The first-order chi connectivity index (χ1) is 18.4. The number of hydrogen-bond acceptors (Lipinski definition) is 9. The zero-order chi connectivity index (χ0) is 26.5. The van der Waals surface area contributed by atoms with E-state index in [4.69, 9.17) is 0 Å². The van der Waals surface area contributed by atoms with Gasteiger partial charge in [0.1, 0.15) is 0 Å². The molecule has 2 aromatic heterocycles. The van der Waals surface area contributed by atoms with E-state index in [1.54, 1.807) is 18.3 Å². The fraction of sp³-hybridized carbons (Fsp3) is 0.321. The van der Waals surface area contributed by atoms with Gasteiger partial charge in [-0.2, -0.15) is 0 Å². The summed E-state index contributed by atoms with van der Waals surface area (Å²) in [7, 11) is 4.08. The Balaban J connectivity index is 1.09. The van der Waals surface area contributed by atoms with Crippen molar-refractivity contribution in [3.63, 3.8) is 0 Å². The Bertz CT molecular complexity index is 1340. The van der Waals surface area contributed by atoms with Crippen molar-refractivity contribution in [1.82, 2.24) is 25.6 Å². The van der Waals surface area contributed by atoms with Crippen LogP contribution in [-0.4, -0.2) is 59.8 Å². The molecule has 5 rings (SSSR count). The number of thioether (sulfide) groups is 1. The quantitative estimate of drug-likeness (QED) is 0.420. The minimum absolute atomic E-state index is 0.354. The number of rotatable bonds is 8. The second-order valence-corrected chi connectivity index (χ2v) is 10.7. The van der Waals surface area contributed by atoms with Gasteiger partial charge >= 0.3 is 0 Å². The summed E-state index contributed by atoms with van der Waals surface area (Å²) in [5.74, 6) is 0.861. The summed E-state index contributed by atoms with van der Waals surface area (Å²) in [6, 6.07) is 14.4. The normalized spacial score (nSPS) is 17.2. The zero-order valence-electron chi connectivity index (χ0n) is 21.6. The molecule has 0 bridgehead atoms. The van der Waals surface area contributed by atoms with Crippen LogP contribution in [0.4, 0.5) is 16.4 Å². The van der Waals surface area contributed by atoms with E-state index in [2.05, 4.69) is 71.8 Å². The van der Waals surface area contributed by atoms with Gasteiger partial charge in [-0.3, -0.25) is 19.9 Å². The number of aromatic nitrogens is 3. The molecule has 2 amide bonds. The number of hydrogen-bond donors (Lipinski definition) is 2. The largest absolute Gasteiger partial charge is 0.378 e. The first-order valence-corrected chi connectivity index (χ1v) is 13.5. The molecular weight excluding hydrogens is 498 g/mol. The van der Waals surface area contributed by atoms with Crippen LogP contribution in [0.3, 0.4) is 0 Å². The van der Waals surface area contributed by atoms with Crippen LogP contribution in [0.1, 0.15) is 24.1 Å². The summed E-state index contributed by atoms with van der Waals surface area (Å²) < 4.78 is 0. The fourth-order valence-corrected chi connectivity index (χ4v) is 5.22. The van der Waals surface area contributed by atoms with Crippen LogP contribution in [0, 0.1) is 5.92 Å².